The van der Waals surface area contributed by atoms with Crippen molar-refractivity contribution in [3.8, 4) is 0 Å². The van der Waals surface area contributed by atoms with Gasteiger partial charge in [0, 0.05) is 18.3 Å². The quantitative estimate of drug-likeness (QED) is 0.569. The Morgan fingerprint density at radius 3 is 2.70 bits per heavy atom. The van der Waals surface area contributed by atoms with Crippen LogP contribution in [-0.2, 0) is 13.1 Å². The number of hydrogen-bond acceptors (Lipinski definition) is 6. The van der Waals surface area contributed by atoms with Gasteiger partial charge in [-0.15, -0.1) is 0 Å². The van der Waals surface area contributed by atoms with Crippen LogP contribution in [0.4, 0.5) is 26.2 Å². The Balaban J connectivity index is 1.71. The molecule has 0 radical (unpaired) electrons. The fraction of sp³-hybridized carbons (Fsp3) is 0.235. The van der Waals surface area contributed by atoms with Crippen molar-refractivity contribution in [1.29, 1.82) is 0 Å². The lowest BCUT2D eigenvalue weighted by Gasteiger charge is -2.10. The maximum Gasteiger partial charge on any atom is 0.229 e. The summed E-state index contributed by atoms with van der Waals surface area (Å²) in [5.74, 6) is -0.853. The van der Waals surface area contributed by atoms with Crippen molar-refractivity contribution in [3.05, 3.63) is 59.0 Å². The van der Waals surface area contributed by atoms with Gasteiger partial charge in [-0.05, 0) is 19.1 Å². The van der Waals surface area contributed by atoms with Crippen LogP contribution >= 0.6 is 11.6 Å². The Morgan fingerprint density at radius 2 is 2.00 bits per heavy atom. The Bertz CT molecular complexity index is 913. The number of aliphatic hydroxyl groups is 1. The van der Waals surface area contributed by atoms with Gasteiger partial charge in [-0.2, -0.15) is 10.1 Å². The summed E-state index contributed by atoms with van der Waals surface area (Å²) < 4.78 is 29.0. The van der Waals surface area contributed by atoms with Crippen LogP contribution in [0.3, 0.4) is 0 Å². The summed E-state index contributed by atoms with van der Waals surface area (Å²) in [6, 6.07) is 3.66. The molecule has 7 nitrogen and oxygen atoms in total. The summed E-state index contributed by atoms with van der Waals surface area (Å²) in [6.45, 7) is 1.89. The molecule has 0 fully saturated rings. The molecule has 0 aliphatic heterocycles. The number of aromatic nitrogens is 4. The normalized spacial score (nSPS) is 12.0. The van der Waals surface area contributed by atoms with Gasteiger partial charge in [0.25, 0.3) is 0 Å². The second-order valence-electron chi connectivity index (χ2n) is 5.87. The smallest absolute Gasteiger partial charge is 0.229 e. The largest absolute Gasteiger partial charge is 0.391 e. The molecule has 27 heavy (non-hydrogen) atoms. The molecule has 0 saturated heterocycles. The number of aliphatic hydroxyl groups excluding tert-OH is 1. The Hall–Kier alpha value is -2.78. The van der Waals surface area contributed by atoms with E-state index in [-0.39, 0.29) is 28.9 Å². The third kappa shape index (κ3) is 4.89. The van der Waals surface area contributed by atoms with E-state index in [0.29, 0.717) is 12.2 Å². The Morgan fingerprint density at radius 1 is 1.26 bits per heavy atom. The van der Waals surface area contributed by atoms with E-state index in [9.17, 15) is 13.9 Å². The van der Waals surface area contributed by atoms with E-state index in [1.54, 1.807) is 24.0 Å². The van der Waals surface area contributed by atoms with Gasteiger partial charge >= 0.3 is 0 Å². The predicted octanol–water partition coefficient (Wildman–Crippen LogP) is 3.34. The SMILES string of the molecule is CC(O)Cn1cc(Nc2ncc(Cl)c(NCc3c(F)cccc3F)n2)cn1. The second-order valence-corrected chi connectivity index (χ2v) is 6.28. The van der Waals surface area contributed by atoms with Crippen molar-refractivity contribution >= 4 is 29.1 Å². The van der Waals surface area contributed by atoms with Crippen molar-refractivity contribution in [2.75, 3.05) is 10.6 Å². The molecule has 0 bridgehead atoms. The van der Waals surface area contributed by atoms with Crippen LogP contribution in [0.25, 0.3) is 0 Å². The summed E-state index contributed by atoms with van der Waals surface area (Å²) >= 11 is 6.06. The first-order valence-electron chi connectivity index (χ1n) is 8.09. The molecule has 0 aliphatic rings. The molecule has 2 aromatic heterocycles. The minimum Gasteiger partial charge on any atom is -0.391 e. The van der Waals surface area contributed by atoms with E-state index in [2.05, 4.69) is 25.7 Å². The van der Waals surface area contributed by atoms with E-state index in [0.717, 1.165) is 0 Å². The van der Waals surface area contributed by atoms with Crippen LogP contribution in [0.15, 0.2) is 36.8 Å². The molecule has 3 aromatic rings. The summed E-state index contributed by atoms with van der Waals surface area (Å²) in [6.07, 6.45) is 4.09. The van der Waals surface area contributed by atoms with E-state index >= 15 is 0 Å². The van der Waals surface area contributed by atoms with E-state index in [1.807, 2.05) is 0 Å². The lowest BCUT2D eigenvalue weighted by Crippen LogP contribution is -2.11. The standard InChI is InChI=1S/C17H17ClF2N6O/c1-10(27)8-26-9-11(5-23-26)24-17-22-7-13(18)16(25-17)21-6-12-14(19)3-2-4-15(12)20/h2-5,7,9-10,27H,6,8H2,1H3,(H2,21,22,24,25). The fourth-order valence-corrected chi connectivity index (χ4v) is 2.51. The molecule has 1 atom stereocenters. The number of anilines is 3. The minimum atomic E-state index is -0.656. The average molecular weight is 395 g/mol. The van der Waals surface area contributed by atoms with Crippen molar-refractivity contribution in [2.45, 2.75) is 26.1 Å². The predicted molar refractivity (Wildman–Crippen MR) is 97.9 cm³/mol. The van der Waals surface area contributed by atoms with E-state index < -0.39 is 17.7 Å². The maximum atomic E-state index is 13.7. The highest BCUT2D eigenvalue weighted by Crippen LogP contribution is 2.23. The van der Waals surface area contributed by atoms with Gasteiger partial charge in [-0.3, -0.25) is 4.68 Å². The first-order valence-corrected chi connectivity index (χ1v) is 8.47. The molecule has 10 heteroatoms. The van der Waals surface area contributed by atoms with Crippen LogP contribution < -0.4 is 10.6 Å². The highest BCUT2D eigenvalue weighted by atomic mass is 35.5. The van der Waals surface area contributed by atoms with Crippen molar-refractivity contribution in [3.63, 3.8) is 0 Å². The van der Waals surface area contributed by atoms with Crippen LogP contribution in [-0.4, -0.2) is 31.0 Å². The van der Waals surface area contributed by atoms with Gasteiger partial charge < -0.3 is 15.7 Å². The summed E-state index contributed by atoms with van der Waals surface area (Å²) in [5, 5.41) is 19.5. The van der Waals surface area contributed by atoms with Crippen LogP contribution in [0.5, 0.6) is 0 Å². The third-order valence-corrected chi connectivity index (χ3v) is 3.86. The zero-order valence-corrected chi connectivity index (χ0v) is 15.1. The van der Waals surface area contributed by atoms with Crippen molar-refractivity contribution < 1.29 is 13.9 Å². The molecule has 1 unspecified atom stereocenters. The lowest BCUT2D eigenvalue weighted by molar-refractivity contribution is 0.168. The lowest BCUT2D eigenvalue weighted by atomic mass is 10.2. The van der Waals surface area contributed by atoms with E-state index in [1.165, 1.54) is 24.4 Å². The molecule has 2 heterocycles. The third-order valence-electron chi connectivity index (χ3n) is 3.58. The average Bonchev–Trinajstić information content (AvgIpc) is 3.03. The molecule has 0 amide bonds. The number of hydrogen-bond donors (Lipinski definition) is 3. The molecule has 3 rings (SSSR count). The number of halogens is 3. The zero-order valence-electron chi connectivity index (χ0n) is 14.3. The molecule has 1 aromatic carbocycles. The van der Waals surface area contributed by atoms with Crippen molar-refractivity contribution in [1.82, 2.24) is 19.7 Å². The highest BCUT2D eigenvalue weighted by Gasteiger charge is 2.11. The minimum absolute atomic E-state index is 0.110. The summed E-state index contributed by atoms with van der Waals surface area (Å²) in [4.78, 5) is 8.28. The van der Waals surface area contributed by atoms with Gasteiger partial charge in [0.2, 0.25) is 5.95 Å². The monoisotopic (exact) mass is 394 g/mol. The maximum absolute atomic E-state index is 13.7. The van der Waals surface area contributed by atoms with Gasteiger partial charge in [0.05, 0.1) is 30.7 Å². The fourth-order valence-electron chi connectivity index (χ4n) is 2.35. The van der Waals surface area contributed by atoms with Gasteiger partial charge in [0.1, 0.15) is 16.7 Å². The molecule has 142 valence electrons. The zero-order chi connectivity index (χ0) is 19.4. The number of rotatable bonds is 7. The summed E-state index contributed by atoms with van der Waals surface area (Å²) in [7, 11) is 0. The Kier molecular flexibility index (Phi) is 5.82. The first-order chi connectivity index (χ1) is 12.9. The number of nitrogens with one attached hydrogen (secondary N) is 2. The van der Waals surface area contributed by atoms with Gasteiger partial charge in [-0.1, -0.05) is 17.7 Å². The molecule has 0 spiro atoms. The Labute approximate surface area is 159 Å². The molecule has 0 aliphatic carbocycles. The first kappa shape index (κ1) is 19.0. The van der Waals surface area contributed by atoms with Crippen LogP contribution in [0.1, 0.15) is 12.5 Å². The molecule has 0 saturated carbocycles. The number of nitrogens with zero attached hydrogens (tertiary/aromatic N) is 4. The van der Waals surface area contributed by atoms with Crippen LogP contribution in [0, 0.1) is 11.6 Å². The van der Waals surface area contributed by atoms with Crippen LogP contribution in [0.2, 0.25) is 5.02 Å². The molecule has 3 N–H and O–H groups in total. The van der Waals surface area contributed by atoms with Crippen molar-refractivity contribution in [2.24, 2.45) is 0 Å². The highest BCUT2D eigenvalue weighted by molar-refractivity contribution is 6.32. The van der Waals surface area contributed by atoms with E-state index in [4.69, 9.17) is 11.6 Å². The number of benzene rings is 1. The van der Waals surface area contributed by atoms with Gasteiger partial charge in [-0.25, -0.2) is 13.8 Å². The topological polar surface area (TPSA) is 87.9 Å². The second kappa shape index (κ2) is 8.28. The van der Waals surface area contributed by atoms with Gasteiger partial charge in [0.15, 0.2) is 5.82 Å². The molecular formula is C17H17ClF2N6O. The summed E-state index contributed by atoms with van der Waals surface area (Å²) in [5.41, 5.74) is 0.505. The molecular weight excluding hydrogens is 378 g/mol.